The zero-order valence-electron chi connectivity index (χ0n) is 12.5. The molecule has 1 aromatic carbocycles. The van der Waals surface area contributed by atoms with Crippen LogP contribution in [0.2, 0.25) is 0 Å². The van der Waals surface area contributed by atoms with E-state index in [-0.39, 0.29) is 30.2 Å². The minimum absolute atomic E-state index is 0.211. The molecule has 1 saturated carbocycles. The smallest absolute Gasteiger partial charge is 0.268 e. The maximum absolute atomic E-state index is 12.5. The molecular formula is C16H16N4O3. The van der Waals surface area contributed by atoms with Gasteiger partial charge in [-0.25, -0.2) is 0 Å². The number of benzene rings is 1. The number of fused-ring (bicyclic) bond motifs is 2. The Morgan fingerprint density at radius 2 is 1.74 bits per heavy atom. The Kier molecular flexibility index (Phi) is 3.21. The van der Waals surface area contributed by atoms with Crippen molar-refractivity contribution in [3.8, 4) is 0 Å². The summed E-state index contributed by atoms with van der Waals surface area (Å²) in [5, 5.41) is 7.77. The van der Waals surface area contributed by atoms with Gasteiger partial charge in [0.25, 0.3) is 5.91 Å². The van der Waals surface area contributed by atoms with Gasteiger partial charge in [0.2, 0.25) is 11.8 Å². The molecule has 2 heterocycles. The van der Waals surface area contributed by atoms with Gasteiger partial charge in [-0.3, -0.25) is 19.3 Å². The average Bonchev–Trinajstić information content (AvgIpc) is 3.11. The van der Waals surface area contributed by atoms with Crippen molar-refractivity contribution in [2.75, 3.05) is 6.54 Å². The number of carbonyl (C=O) groups is 3. The van der Waals surface area contributed by atoms with Crippen LogP contribution in [0.4, 0.5) is 0 Å². The molecule has 2 aromatic rings. The van der Waals surface area contributed by atoms with E-state index in [9.17, 15) is 14.4 Å². The number of hydrogen-bond donors (Lipinski definition) is 0. The first kappa shape index (κ1) is 14.0. The van der Waals surface area contributed by atoms with E-state index in [0.717, 1.165) is 35.3 Å². The molecule has 0 bridgehead atoms. The van der Waals surface area contributed by atoms with Crippen molar-refractivity contribution in [1.82, 2.24) is 19.9 Å². The second-order valence-corrected chi connectivity index (χ2v) is 6.14. The molecule has 7 nitrogen and oxygen atoms in total. The minimum Gasteiger partial charge on any atom is -0.274 e. The summed E-state index contributed by atoms with van der Waals surface area (Å²) < 4.78 is 1.16. The van der Waals surface area contributed by atoms with Crippen LogP contribution >= 0.6 is 0 Å². The average molecular weight is 312 g/mol. The fourth-order valence-corrected chi connectivity index (χ4v) is 3.64. The Bertz CT molecular complexity index is 789. The number of rotatable bonds is 2. The Morgan fingerprint density at radius 1 is 1.09 bits per heavy atom. The lowest BCUT2D eigenvalue weighted by atomic mass is 9.81. The highest BCUT2D eigenvalue weighted by Gasteiger charge is 2.48. The predicted octanol–water partition coefficient (Wildman–Crippen LogP) is 1.25. The monoisotopic (exact) mass is 312 g/mol. The van der Waals surface area contributed by atoms with E-state index >= 15 is 0 Å². The van der Waals surface area contributed by atoms with Crippen molar-refractivity contribution in [2.24, 2.45) is 11.8 Å². The molecule has 1 aliphatic heterocycles. The summed E-state index contributed by atoms with van der Waals surface area (Å²) in [5.74, 6) is -1.32. The second kappa shape index (κ2) is 5.26. The van der Waals surface area contributed by atoms with E-state index < -0.39 is 5.91 Å². The number of hydrogen-bond acceptors (Lipinski definition) is 5. The third-order valence-corrected chi connectivity index (χ3v) is 4.81. The van der Waals surface area contributed by atoms with Gasteiger partial charge in [0.05, 0.1) is 17.4 Å². The lowest BCUT2D eigenvalue weighted by Gasteiger charge is -2.19. The summed E-state index contributed by atoms with van der Waals surface area (Å²) >= 11 is 0. The van der Waals surface area contributed by atoms with Crippen LogP contribution in [0.25, 0.3) is 11.0 Å². The van der Waals surface area contributed by atoms with Crippen LogP contribution < -0.4 is 0 Å². The summed E-state index contributed by atoms with van der Waals surface area (Å²) in [7, 11) is 0. The normalized spacial score (nSPS) is 24.3. The number of aromatic nitrogens is 3. The molecule has 2 aliphatic rings. The summed E-state index contributed by atoms with van der Waals surface area (Å²) in [6.45, 7) is -0.266. The summed E-state index contributed by atoms with van der Waals surface area (Å²) in [4.78, 5) is 38.5. The van der Waals surface area contributed by atoms with Crippen LogP contribution in [0, 0.1) is 11.8 Å². The van der Waals surface area contributed by atoms with Gasteiger partial charge in [0, 0.05) is 0 Å². The maximum atomic E-state index is 12.5. The summed E-state index contributed by atoms with van der Waals surface area (Å²) in [5.41, 5.74) is 1.18. The molecule has 2 amide bonds. The first-order valence-electron chi connectivity index (χ1n) is 7.85. The van der Waals surface area contributed by atoms with Crippen molar-refractivity contribution < 1.29 is 14.4 Å². The van der Waals surface area contributed by atoms with E-state index in [2.05, 4.69) is 10.3 Å². The number of amides is 2. The predicted molar refractivity (Wildman–Crippen MR) is 80.3 cm³/mol. The first-order chi connectivity index (χ1) is 11.2. The molecule has 1 aromatic heterocycles. The SMILES string of the molecule is O=C1[C@@H]2CCCC[C@H]2C(=O)N1CC(=O)n1nnc2ccccc21. The van der Waals surface area contributed by atoms with E-state index in [0.29, 0.717) is 11.0 Å². The minimum atomic E-state index is -0.418. The van der Waals surface area contributed by atoms with Crippen molar-refractivity contribution in [1.29, 1.82) is 0 Å². The quantitative estimate of drug-likeness (QED) is 0.779. The van der Waals surface area contributed by atoms with E-state index in [1.54, 1.807) is 18.2 Å². The van der Waals surface area contributed by atoms with Gasteiger partial charge < -0.3 is 0 Å². The van der Waals surface area contributed by atoms with Crippen molar-refractivity contribution >= 4 is 28.8 Å². The maximum Gasteiger partial charge on any atom is 0.268 e. The van der Waals surface area contributed by atoms with Crippen LogP contribution in [0.5, 0.6) is 0 Å². The van der Waals surface area contributed by atoms with E-state index in [4.69, 9.17) is 0 Å². The van der Waals surface area contributed by atoms with Crippen LogP contribution in [0.3, 0.4) is 0 Å². The molecule has 2 atom stereocenters. The summed E-state index contributed by atoms with van der Waals surface area (Å²) in [6, 6.07) is 7.09. The molecule has 0 spiro atoms. The Hall–Kier alpha value is -2.57. The highest BCUT2D eigenvalue weighted by molar-refractivity contribution is 6.08. The number of imide groups is 1. The number of carbonyl (C=O) groups excluding carboxylic acids is 3. The lowest BCUT2D eigenvalue weighted by Crippen LogP contribution is -2.38. The molecule has 118 valence electrons. The van der Waals surface area contributed by atoms with Gasteiger partial charge in [0.1, 0.15) is 12.1 Å². The molecule has 4 rings (SSSR count). The molecular weight excluding hydrogens is 296 g/mol. The van der Waals surface area contributed by atoms with Gasteiger partial charge in [-0.05, 0) is 25.0 Å². The molecule has 2 fully saturated rings. The fourth-order valence-electron chi connectivity index (χ4n) is 3.64. The molecule has 23 heavy (non-hydrogen) atoms. The fraction of sp³-hybridized carbons (Fsp3) is 0.438. The van der Waals surface area contributed by atoms with E-state index in [1.165, 1.54) is 0 Å². The van der Waals surface area contributed by atoms with Gasteiger partial charge in [-0.15, -0.1) is 5.10 Å². The van der Waals surface area contributed by atoms with Crippen LogP contribution in [-0.4, -0.2) is 44.2 Å². The van der Waals surface area contributed by atoms with Crippen molar-refractivity contribution in [3.05, 3.63) is 24.3 Å². The van der Waals surface area contributed by atoms with Gasteiger partial charge >= 0.3 is 0 Å². The molecule has 1 saturated heterocycles. The number of nitrogens with zero attached hydrogens (tertiary/aromatic N) is 4. The summed E-state index contributed by atoms with van der Waals surface area (Å²) in [6.07, 6.45) is 3.42. The standard InChI is InChI=1S/C16H16N4O3/c21-14(20-13-8-4-3-7-12(13)17-18-20)9-19-15(22)10-5-1-2-6-11(10)16(19)23/h3-4,7-8,10-11H,1-2,5-6,9H2/t10-,11-/m1/s1. The number of para-hydroxylation sites is 1. The third-order valence-electron chi connectivity index (χ3n) is 4.81. The van der Waals surface area contributed by atoms with Gasteiger partial charge in [-0.2, -0.15) is 4.68 Å². The third kappa shape index (κ3) is 2.15. The van der Waals surface area contributed by atoms with Crippen molar-refractivity contribution in [3.63, 3.8) is 0 Å². The van der Waals surface area contributed by atoms with Gasteiger partial charge in [0.15, 0.2) is 0 Å². The molecule has 0 radical (unpaired) electrons. The van der Waals surface area contributed by atoms with Gasteiger partial charge in [-0.1, -0.05) is 30.2 Å². The molecule has 0 N–H and O–H groups in total. The Morgan fingerprint density at radius 3 is 2.43 bits per heavy atom. The second-order valence-electron chi connectivity index (χ2n) is 6.14. The molecule has 0 unspecified atom stereocenters. The Balaban J connectivity index is 1.59. The number of likely N-dealkylation sites (tertiary alicyclic amines) is 1. The zero-order valence-corrected chi connectivity index (χ0v) is 12.5. The Labute approximate surface area is 132 Å². The molecule has 1 aliphatic carbocycles. The van der Waals surface area contributed by atoms with E-state index in [1.807, 2.05) is 6.07 Å². The van der Waals surface area contributed by atoms with Crippen LogP contribution in [-0.2, 0) is 9.59 Å². The highest BCUT2D eigenvalue weighted by Crippen LogP contribution is 2.37. The van der Waals surface area contributed by atoms with Crippen molar-refractivity contribution in [2.45, 2.75) is 25.7 Å². The lowest BCUT2D eigenvalue weighted by molar-refractivity contribution is -0.139. The first-order valence-corrected chi connectivity index (χ1v) is 7.85. The van der Waals surface area contributed by atoms with Crippen LogP contribution in [0.15, 0.2) is 24.3 Å². The zero-order chi connectivity index (χ0) is 16.0. The highest BCUT2D eigenvalue weighted by atomic mass is 16.2. The van der Waals surface area contributed by atoms with Crippen LogP contribution in [0.1, 0.15) is 30.5 Å². The largest absolute Gasteiger partial charge is 0.274 e. The topological polar surface area (TPSA) is 85.2 Å². The molecule has 7 heteroatoms.